The first-order valence-electron chi connectivity index (χ1n) is 8.21. The Morgan fingerprint density at radius 1 is 1.24 bits per heavy atom. The fourth-order valence-corrected chi connectivity index (χ4v) is 3.32. The molecule has 2 heterocycles. The minimum atomic E-state index is -1.11. The molecule has 1 N–H and O–H groups in total. The number of nitrogens with one attached hydrogen (secondary N) is 1. The molecule has 1 fully saturated rings. The number of carbonyl (C=O) groups excluding carboxylic acids is 2. The van der Waals surface area contributed by atoms with E-state index in [2.05, 4.69) is 5.32 Å². The maximum Gasteiger partial charge on any atom is 0.334 e. The van der Waals surface area contributed by atoms with E-state index >= 15 is 0 Å². The van der Waals surface area contributed by atoms with Crippen LogP contribution in [0.15, 0.2) is 36.4 Å². The summed E-state index contributed by atoms with van der Waals surface area (Å²) < 4.78 is 12.2. The molecule has 1 saturated heterocycles. The Hall–Kier alpha value is -2.60. The zero-order valence-corrected chi connectivity index (χ0v) is 14.7. The number of carbonyl (C=O) groups is 2. The van der Waals surface area contributed by atoms with Crippen molar-refractivity contribution in [1.82, 2.24) is 9.88 Å². The molecule has 132 valence electrons. The summed E-state index contributed by atoms with van der Waals surface area (Å²) in [6, 6.07) is 11.7. The predicted molar refractivity (Wildman–Crippen MR) is 92.9 cm³/mol. The summed E-state index contributed by atoms with van der Waals surface area (Å²) in [7, 11) is 1.32. The third kappa shape index (κ3) is 3.05. The highest BCUT2D eigenvalue weighted by Crippen LogP contribution is 2.24. The van der Waals surface area contributed by atoms with Gasteiger partial charge in [0.15, 0.2) is 5.54 Å². The van der Waals surface area contributed by atoms with Crippen molar-refractivity contribution < 1.29 is 19.1 Å². The molecule has 0 bridgehead atoms. The van der Waals surface area contributed by atoms with Gasteiger partial charge in [0.2, 0.25) is 0 Å². The molecule has 25 heavy (non-hydrogen) atoms. The lowest BCUT2D eigenvalue weighted by Crippen LogP contribution is -2.55. The Labute approximate surface area is 146 Å². The molecule has 1 atom stereocenters. The van der Waals surface area contributed by atoms with Crippen molar-refractivity contribution in [2.45, 2.75) is 25.8 Å². The Morgan fingerprint density at radius 2 is 1.96 bits per heavy atom. The highest BCUT2D eigenvalue weighted by Gasteiger charge is 2.45. The van der Waals surface area contributed by atoms with Gasteiger partial charge in [-0.05, 0) is 32.0 Å². The molecule has 1 amide bonds. The number of methoxy groups -OCH3 is 1. The number of rotatable bonds is 4. The van der Waals surface area contributed by atoms with Gasteiger partial charge in [0.05, 0.1) is 19.3 Å². The smallest absolute Gasteiger partial charge is 0.334 e. The number of aromatic nitrogens is 1. The molecule has 0 aliphatic carbocycles. The SMILES string of the molecule is COC(=O)[C@@]1(NC(=O)c2cc(C)n(-c3ccccc3)c2C)CCOC1. The van der Waals surface area contributed by atoms with Crippen molar-refractivity contribution in [2.75, 3.05) is 20.3 Å². The molecule has 1 aromatic heterocycles. The number of esters is 1. The quantitative estimate of drug-likeness (QED) is 0.865. The number of para-hydroxylation sites is 1. The normalized spacial score (nSPS) is 19.6. The Kier molecular flexibility index (Phi) is 4.63. The van der Waals surface area contributed by atoms with Gasteiger partial charge >= 0.3 is 5.97 Å². The molecular formula is C19H22N2O4. The van der Waals surface area contributed by atoms with Crippen molar-refractivity contribution in [1.29, 1.82) is 0 Å². The van der Waals surface area contributed by atoms with E-state index in [4.69, 9.17) is 9.47 Å². The van der Waals surface area contributed by atoms with Crippen LogP contribution < -0.4 is 5.32 Å². The van der Waals surface area contributed by atoms with Crippen LogP contribution in [0, 0.1) is 13.8 Å². The second-order valence-electron chi connectivity index (χ2n) is 6.29. The van der Waals surface area contributed by atoms with Crippen molar-refractivity contribution in [2.24, 2.45) is 0 Å². The lowest BCUT2D eigenvalue weighted by molar-refractivity contribution is -0.148. The number of nitrogens with zero attached hydrogens (tertiary/aromatic N) is 1. The average molecular weight is 342 g/mol. The minimum Gasteiger partial charge on any atom is -0.467 e. The first-order valence-corrected chi connectivity index (χ1v) is 8.21. The summed E-state index contributed by atoms with van der Waals surface area (Å²) in [5.41, 5.74) is 2.19. The van der Waals surface area contributed by atoms with Gasteiger partial charge in [-0.2, -0.15) is 0 Å². The summed E-state index contributed by atoms with van der Waals surface area (Å²) in [5, 5.41) is 2.84. The summed E-state index contributed by atoms with van der Waals surface area (Å²) in [6.07, 6.45) is 0.406. The average Bonchev–Trinajstić information content (AvgIpc) is 3.20. The van der Waals surface area contributed by atoms with Crippen LogP contribution in [0.4, 0.5) is 0 Å². The highest BCUT2D eigenvalue weighted by atomic mass is 16.5. The molecule has 6 heteroatoms. The second kappa shape index (κ2) is 6.72. The number of aryl methyl sites for hydroxylation is 1. The Bertz CT molecular complexity index is 789. The van der Waals surface area contributed by atoms with E-state index < -0.39 is 11.5 Å². The third-order valence-corrected chi connectivity index (χ3v) is 4.64. The maximum atomic E-state index is 12.9. The second-order valence-corrected chi connectivity index (χ2v) is 6.29. The molecule has 0 radical (unpaired) electrons. The monoisotopic (exact) mass is 342 g/mol. The van der Waals surface area contributed by atoms with Crippen LogP contribution in [-0.2, 0) is 14.3 Å². The van der Waals surface area contributed by atoms with Crippen LogP contribution >= 0.6 is 0 Å². The third-order valence-electron chi connectivity index (χ3n) is 4.64. The lowest BCUT2D eigenvalue weighted by Gasteiger charge is -2.25. The van der Waals surface area contributed by atoms with Gasteiger partial charge in [-0.3, -0.25) is 4.79 Å². The summed E-state index contributed by atoms with van der Waals surface area (Å²) >= 11 is 0. The van der Waals surface area contributed by atoms with Gasteiger partial charge in [0.25, 0.3) is 5.91 Å². The summed E-state index contributed by atoms with van der Waals surface area (Å²) in [5.74, 6) is -0.776. The van der Waals surface area contributed by atoms with Crippen LogP contribution in [0.2, 0.25) is 0 Å². The van der Waals surface area contributed by atoms with Crippen LogP contribution in [0.1, 0.15) is 28.2 Å². The Morgan fingerprint density at radius 3 is 2.56 bits per heavy atom. The molecule has 2 aromatic rings. The van der Waals surface area contributed by atoms with E-state index in [-0.39, 0.29) is 12.5 Å². The van der Waals surface area contributed by atoms with E-state index in [0.717, 1.165) is 17.1 Å². The fourth-order valence-electron chi connectivity index (χ4n) is 3.32. The van der Waals surface area contributed by atoms with E-state index in [0.29, 0.717) is 18.6 Å². The molecule has 0 spiro atoms. The zero-order valence-electron chi connectivity index (χ0n) is 14.7. The molecule has 0 saturated carbocycles. The number of benzene rings is 1. The standard InChI is InChI=1S/C19H22N2O4/c1-13-11-16(14(2)21(13)15-7-5-4-6-8-15)17(22)20-19(18(23)24-3)9-10-25-12-19/h4-8,11H,9-10,12H2,1-3H3,(H,20,22)/t19-/m1/s1. The van der Waals surface area contributed by atoms with Gasteiger partial charge < -0.3 is 19.4 Å². The number of hydrogen-bond acceptors (Lipinski definition) is 4. The highest BCUT2D eigenvalue weighted by molar-refractivity contribution is 5.99. The van der Waals surface area contributed by atoms with Crippen molar-refractivity contribution in [3.05, 3.63) is 53.3 Å². The summed E-state index contributed by atoms with van der Waals surface area (Å²) in [6.45, 7) is 4.39. The fraction of sp³-hybridized carbons (Fsp3) is 0.368. The molecule has 1 aliphatic rings. The maximum absolute atomic E-state index is 12.9. The van der Waals surface area contributed by atoms with Crippen molar-refractivity contribution in [3.8, 4) is 5.69 Å². The van der Waals surface area contributed by atoms with Crippen molar-refractivity contribution in [3.63, 3.8) is 0 Å². The van der Waals surface area contributed by atoms with Crippen LogP contribution in [0.5, 0.6) is 0 Å². The molecule has 1 aromatic carbocycles. The first-order chi connectivity index (χ1) is 12.0. The number of amides is 1. The molecule has 3 rings (SSSR count). The molecule has 6 nitrogen and oxygen atoms in total. The molecule has 0 unspecified atom stereocenters. The van der Waals surface area contributed by atoms with Gasteiger partial charge in [0.1, 0.15) is 0 Å². The lowest BCUT2D eigenvalue weighted by atomic mass is 9.98. The predicted octanol–water partition coefficient (Wildman–Crippen LogP) is 2.16. The van der Waals surface area contributed by atoms with Crippen LogP contribution in [0.3, 0.4) is 0 Å². The first kappa shape index (κ1) is 17.2. The van der Waals surface area contributed by atoms with E-state index in [1.807, 2.05) is 54.8 Å². The van der Waals surface area contributed by atoms with Crippen molar-refractivity contribution >= 4 is 11.9 Å². The summed E-state index contributed by atoms with van der Waals surface area (Å²) in [4.78, 5) is 25.0. The largest absolute Gasteiger partial charge is 0.467 e. The number of ether oxygens (including phenoxy) is 2. The van der Waals surface area contributed by atoms with E-state index in [1.165, 1.54) is 7.11 Å². The molecule has 1 aliphatic heterocycles. The van der Waals surface area contributed by atoms with E-state index in [1.54, 1.807) is 0 Å². The Balaban J connectivity index is 1.92. The molecular weight excluding hydrogens is 320 g/mol. The van der Waals surface area contributed by atoms with Gasteiger partial charge in [-0.25, -0.2) is 4.79 Å². The van der Waals surface area contributed by atoms with Crippen LogP contribution in [0.25, 0.3) is 5.69 Å². The van der Waals surface area contributed by atoms with Gasteiger partial charge in [-0.15, -0.1) is 0 Å². The van der Waals surface area contributed by atoms with Gasteiger partial charge in [0, 0.05) is 30.1 Å². The zero-order chi connectivity index (χ0) is 18.0. The minimum absolute atomic E-state index is 0.128. The van der Waals surface area contributed by atoms with E-state index in [9.17, 15) is 9.59 Å². The number of hydrogen-bond donors (Lipinski definition) is 1. The van der Waals surface area contributed by atoms with Crippen LogP contribution in [-0.4, -0.2) is 42.3 Å². The van der Waals surface area contributed by atoms with Gasteiger partial charge in [-0.1, -0.05) is 18.2 Å². The topological polar surface area (TPSA) is 69.6 Å².